The number of ether oxygens (including phenoxy) is 2. The molecule has 8 nitrogen and oxygen atoms in total. The predicted molar refractivity (Wildman–Crippen MR) is 81.9 cm³/mol. The second kappa shape index (κ2) is 7.42. The average molecular weight is 342 g/mol. The van der Waals surface area contributed by atoms with E-state index < -0.39 is 34.7 Å². The number of hydrogen-bond acceptors (Lipinski definition) is 7. The smallest absolute Gasteiger partial charge is 0.411 e. The van der Waals surface area contributed by atoms with Crippen LogP contribution in [0.1, 0.15) is 18.0 Å². The van der Waals surface area contributed by atoms with Crippen molar-refractivity contribution in [1.29, 1.82) is 0 Å². The van der Waals surface area contributed by atoms with Gasteiger partial charge in [0.05, 0.1) is 25.0 Å². The van der Waals surface area contributed by atoms with Gasteiger partial charge in [-0.2, -0.15) is 0 Å². The van der Waals surface area contributed by atoms with Crippen molar-refractivity contribution < 1.29 is 27.5 Å². The second-order valence-electron chi connectivity index (χ2n) is 5.00. The minimum absolute atomic E-state index is 0.101. The first kappa shape index (κ1) is 17.2. The van der Waals surface area contributed by atoms with Gasteiger partial charge in [-0.3, -0.25) is 10.1 Å². The van der Waals surface area contributed by atoms with Crippen molar-refractivity contribution in [3.05, 3.63) is 23.8 Å². The number of rotatable bonds is 4. The topological polar surface area (TPSA) is 111 Å². The number of anilines is 1. The van der Waals surface area contributed by atoms with Crippen molar-refractivity contribution >= 4 is 28.5 Å². The Kier molecular flexibility index (Phi) is 5.56. The minimum atomic E-state index is -2.85. The quantitative estimate of drug-likeness (QED) is 0.544. The van der Waals surface area contributed by atoms with E-state index in [0.717, 1.165) is 0 Å². The van der Waals surface area contributed by atoms with Crippen molar-refractivity contribution in [2.75, 3.05) is 26.1 Å². The summed E-state index contributed by atoms with van der Waals surface area (Å²) in [5.41, 5.74) is 0.799. The number of methoxy groups -OCH3 is 2. The van der Waals surface area contributed by atoms with Crippen LogP contribution in [0.25, 0.3) is 0 Å². The Morgan fingerprint density at radius 1 is 1.26 bits per heavy atom. The second-order valence-corrected chi connectivity index (χ2v) is 5.99. The molecule has 0 aliphatic carbocycles. The highest BCUT2D eigenvalue weighted by atomic mass is 32.2. The van der Waals surface area contributed by atoms with Gasteiger partial charge in [-0.05, 0) is 36.7 Å². The molecule has 1 fully saturated rings. The molecule has 2 atom stereocenters. The van der Waals surface area contributed by atoms with Gasteiger partial charge in [-0.15, -0.1) is 0 Å². The third-order valence-corrected chi connectivity index (χ3v) is 4.52. The van der Waals surface area contributed by atoms with Gasteiger partial charge in [0.25, 0.3) is 0 Å². The highest BCUT2D eigenvalue weighted by Gasteiger charge is 2.36. The summed E-state index contributed by atoms with van der Waals surface area (Å²) in [6.45, 7) is 0.564. The average Bonchev–Trinajstić information content (AvgIpc) is 3.03. The van der Waals surface area contributed by atoms with Gasteiger partial charge in [-0.1, -0.05) is 0 Å². The molecule has 0 spiro atoms. The van der Waals surface area contributed by atoms with Crippen LogP contribution in [0.2, 0.25) is 0 Å². The molecular formula is C14H18N2O6S. The molecule has 126 valence electrons. The third kappa shape index (κ3) is 3.80. The van der Waals surface area contributed by atoms with E-state index in [1.54, 1.807) is 0 Å². The molecule has 0 unspecified atom stereocenters. The van der Waals surface area contributed by atoms with Crippen LogP contribution in [0.5, 0.6) is 0 Å². The first-order chi connectivity index (χ1) is 11.0. The molecule has 1 heterocycles. The van der Waals surface area contributed by atoms with Crippen LogP contribution >= 0.6 is 0 Å². The number of esters is 1. The lowest BCUT2D eigenvalue weighted by molar-refractivity contribution is -0.145. The maximum Gasteiger partial charge on any atom is 0.411 e. The zero-order valence-electron chi connectivity index (χ0n) is 12.7. The molecule has 0 saturated carbocycles. The maximum atomic E-state index is 11.9. The molecule has 2 rings (SSSR count). The van der Waals surface area contributed by atoms with Crippen molar-refractivity contribution in [2.24, 2.45) is 5.92 Å². The summed E-state index contributed by atoms with van der Waals surface area (Å²) < 4.78 is 32.3. The van der Waals surface area contributed by atoms with E-state index >= 15 is 0 Å². The van der Waals surface area contributed by atoms with Crippen molar-refractivity contribution in [1.82, 2.24) is 5.32 Å². The predicted octanol–water partition coefficient (Wildman–Crippen LogP) is 0.659. The van der Waals surface area contributed by atoms with Gasteiger partial charge in [0.15, 0.2) is 10.7 Å². The standard InChI is InChI=1S/C14H18N2O6S/c1-21-13(17)9-5-6-15-12(9)10-7-8(16-14(18)22-2)3-4-11(10)23(19)20/h3-4,7,9,12,15,23H,5-6H2,1-2H3,(H,16,18)/t9-,12+/m1/s1. The monoisotopic (exact) mass is 342 g/mol. The van der Waals surface area contributed by atoms with Gasteiger partial charge in [0, 0.05) is 11.7 Å². The highest BCUT2D eigenvalue weighted by Crippen LogP contribution is 2.34. The van der Waals surface area contributed by atoms with Crippen LogP contribution in [0.3, 0.4) is 0 Å². The number of amides is 1. The van der Waals surface area contributed by atoms with Gasteiger partial charge < -0.3 is 14.8 Å². The molecule has 9 heteroatoms. The number of thiol groups is 1. The lowest BCUT2D eigenvalue weighted by Gasteiger charge is -2.20. The van der Waals surface area contributed by atoms with E-state index in [4.69, 9.17) is 4.74 Å². The molecular weight excluding hydrogens is 324 g/mol. The molecule has 0 radical (unpaired) electrons. The zero-order valence-corrected chi connectivity index (χ0v) is 13.6. The van der Waals surface area contributed by atoms with Crippen LogP contribution < -0.4 is 10.6 Å². The van der Waals surface area contributed by atoms with E-state index in [-0.39, 0.29) is 4.90 Å². The SMILES string of the molecule is COC(=O)Nc1ccc([SH](=O)=O)c([C@H]2NCC[C@H]2C(=O)OC)c1. The molecule has 0 aromatic heterocycles. The summed E-state index contributed by atoms with van der Waals surface area (Å²) in [5, 5.41) is 5.59. The van der Waals surface area contributed by atoms with Crippen LogP contribution in [0.4, 0.5) is 10.5 Å². The molecule has 2 N–H and O–H groups in total. The fourth-order valence-corrected chi connectivity index (χ4v) is 3.26. The summed E-state index contributed by atoms with van der Waals surface area (Å²) in [6, 6.07) is 3.88. The maximum absolute atomic E-state index is 11.9. The van der Waals surface area contributed by atoms with Crippen LogP contribution in [-0.2, 0) is 25.0 Å². The Balaban J connectivity index is 2.43. The number of carbonyl (C=O) groups excluding carboxylic acids is 2. The van der Waals surface area contributed by atoms with E-state index in [9.17, 15) is 18.0 Å². The fraction of sp³-hybridized carbons (Fsp3) is 0.429. The van der Waals surface area contributed by atoms with E-state index in [1.165, 1.54) is 32.4 Å². The molecule has 1 amide bonds. The number of benzene rings is 1. The van der Waals surface area contributed by atoms with Gasteiger partial charge in [0.1, 0.15) is 0 Å². The molecule has 1 aliphatic heterocycles. The molecule has 0 bridgehead atoms. The van der Waals surface area contributed by atoms with Gasteiger partial charge >= 0.3 is 12.1 Å². The van der Waals surface area contributed by atoms with Crippen LogP contribution in [-0.4, -0.2) is 41.2 Å². The summed E-state index contributed by atoms with van der Waals surface area (Å²) in [4.78, 5) is 23.3. The lowest BCUT2D eigenvalue weighted by Crippen LogP contribution is -2.25. The largest absolute Gasteiger partial charge is 0.469 e. The van der Waals surface area contributed by atoms with Crippen molar-refractivity contribution in [3.8, 4) is 0 Å². The summed E-state index contributed by atoms with van der Waals surface area (Å²) >= 11 is 0. The molecule has 23 heavy (non-hydrogen) atoms. The third-order valence-electron chi connectivity index (χ3n) is 3.72. The Morgan fingerprint density at radius 2 is 2.00 bits per heavy atom. The number of carbonyl (C=O) groups is 2. The number of hydrogen-bond donors (Lipinski definition) is 3. The van der Waals surface area contributed by atoms with Crippen LogP contribution in [0.15, 0.2) is 23.1 Å². The zero-order chi connectivity index (χ0) is 17.0. The Labute approximate surface area is 135 Å². The van der Waals surface area contributed by atoms with Gasteiger partial charge in [-0.25, -0.2) is 13.2 Å². The van der Waals surface area contributed by atoms with E-state index in [2.05, 4.69) is 15.4 Å². The number of nitrogens with one attached hydrogen (secondary N) is 2. The first-order valence-electron chi connectivity index (χ1n) is 6.92. The molecule has 1 aliphatic rings. The summed E-state index contributed by atoms with van der Waals surface area (Å²) in [5.74, 6) is -0.888. The van der Waals surface area contributed by atoms with Crippen molar-refractivity contribution in [2.45, 2.75) is 17.4 Å². The molecule has 1 saturated heterocycles. The first-order valence-corrected chi connectivity index (χ1v) is 8.10. The van der Waals surface area contributed by atoms with Gasteiger partial charge in [0.2, 0.25) is 0 Å². The molecule has 1 aromatic rings. The summed E-state index contributed by atoms with van der Waals surface area (Å²) in [7, 11) is -0.327. The van der Waals surface area contributed by atoms with E-state index in [0.29, 0.717) is 24.2 Å². The normalized spacial score (nSPS) is 20.3. The van der Waals surface area contributed by atoms with Crippen molar-refractivity contribution in [3.63, 3.8) is 0 Å². The Bertz CT molecular complexity index is 680. The van der Waals surface area contributed by atoms with Crippen LogP contribution in [0, 0.1) is 5.92 Å². The summed E-state index contributed by atoms with van der Waals surface area (Å²) in [6.07, 6.45) is -0.125. The highest BCUT2D eigenvalue weighted by molar-refractivity contribution is 7.72. The minimum Gasteiger partial charge on any atom is -0.469 e. The lowest BCUT2D eigenvalue weighted by atomic mass is 9.94. The van der Waals surface area contributed by atoms with E-state index in [1.807, 2.05) is 0 Å². The fourth-order valence-electron chi connectivity index (χ4n) is 2.65. The Hall–Kier alpha value is -2.13. The Morgan fingerprint density at radius 3 is 2.61 bits per heavy atom. The molecule has 1 aromatic carbocycles.